The van der Waals surface area contributed by atoms with Crippen molar-refractivity contribution in [2.45, 2.75) is 32.7 Å². The molecule has 98 valence electrons. The molecule has 2 aromatic carbocycles. The molecule has 0 aromatic heterocycles. The summed E-state index contributed by atoms with van der Waals surface area (Å²) in [6.45, 7) is 4.41. The van der Waals surface area contributed by atoms with Gasteiger partial charge in [0.25, 0.3) is 0 Å². The van der Waals surface area contributed by atoms with Gasteiger partial charge in [0.1, 0.15) is 0 Å². The Morgan fingerprint density at radius 2 is 1.68 bits per heavy atom. The van der Waals surface area contributed by atoms with Crippen LogP contribution in [0.25, 0.3) is 0 Å². The van der Waals surface area contributed by atoms with E-state index in [9.17, 15) is 0 Å². The Bertz CT molecular complexity index is 580. The molecule has 1 aliphatic rings. The molecule has 1 aliphatic carbocycles. The third-order valence-electron chi connectivity index (χ3n) is 4.51. The average Bonchev–Trinajstić information content (AvgIpc) is 2.72. The number of rotatable bonds is 2. The fraction of sp³-hybridized carbons (Fsp3) is 0.333. The van der Waals surface area contributed by atoms with Crippen molar-refractivity contribution in [3.05, 3.63) is 70.3 Å². The monoisotopic (exact) mass is 251 g/mol. The van der Waals surface area contributed by atoms with Crippen molar-refractivity contribution in [1.29, 1.82) is 0 Å². The van der Waals surface area contributed by atoms with Gasteiger partial charge < -0.3 is 5.73 Å². The molecule has 0 bridgehead atoms. The summed E-state index contributed by atoms with van der Waals surface area (Å²) in [6.07, 6.45) is 2.21. The molecule has 2 N–H and O–H groups in total. The van der Waals surface area contributed by atoms with E-state index in [1.165, 1.54) is 27.8 Å². The molecule has 19 heavy (non-hydrogen) atoms. The van der Waals surface area contributed by atoms with Gasteiger partial charge in [0.15, 0.2) is 0 Å². The molecule has 2 aromatic rings. The van der Waals surface area contributed by atoms with Gasteiger partial charge in [0, 0.05) is 6.04 Å². The van der Waals surface area contributed by atoms with Crippen molar-refractivity contribution in [2.75, 3.05) is 0 Å². The van der Waals surface area contributed by atoms with E-state index >= 15 is 0 Å². The van der Waals surface area contributed by atoms with Crippen LogP contribution in [0.1, 0.15) is 33.9 Å². The van der Waals surface area contributed by atoms with Gasteiger partial charge in [0.2, 0.25) is 0 Å². The van der Waals surface area contributed by atoms with E-state index in [1.807, 2.05) is 0 Å². The zero-order valence-electron chi connectivity index (χ0n) is 11.7. The number of nitrogens with two attached hydrogens (primary N) is 1. The molecule has 2 atom stereocenters. The van der Waals surface area contributed by atoms with Gasteiger partial charge in [-0.25, -0.2) is 0 Å². The quantitative estimate of drug-likeness (QED) is 0.865. The number of hydrogen-bond donors (Lipinski definition) is 1. The van der Waals surface area contributed by atoms with Crippen molar-refractivity contribution in [2.24, 2.45) is 11.7 Å². The molecule has 0 spiro atoms. The fourth-order valence-corrected chi connectivity index (χ4v) is 3.34. The molecule has 0 saturated carbocycles. The van der Waals surface area contributed by atoms with E-state index in [1.54, 1.807) is 0 Å². The third-order valence-corrected chi connectivity index (χ3v) is 4.51. The first-order chi connectivity index (χ1) is 9.16. The maximum atomic E-state index is 6.44. The minimum atomic E-state index is 0.190. The summed E-state index contributed by atoms with van der Waals surface area (Å²) in [5, 5.41) is 0. The summed E-state index contributed by atoms with van der Waals surface area (Å²) < 4.78 is 0. The first-order valence-corrected chi connectivity index (χ1v) is 7.05. The second-order valence-corrected chi connectivity index (χ2v) is 5.76. The molecule has 0 radical (unpaired) electrons. The summed E-state index contributed by atoms with van der Waals surface area (Å²) in [4.78, 5) is 0. The molecule has 0 aliphatic heterocycles. The molecular formula is C18H21N. The topological polar surface area (TPSA) is 26.0 Å². The van der Waals surface area contributed by atoms with Crippen molar-refractivity contribution >= 4 is 0 Å². The highest BCUT2D eigenvalue weighted by Crippen LogP contribution is 2.36. The third kappa shape index (κ3) is 2.19. The van der Waals surface area contributed by atoms with Crippen LogP contribution in [0, 0.1) is 19.8 Å². The minimum absolute atomic E-state index is 0.190. The molecule has 0 heterocycles. The van der Waals surface area contributed by atoms with Gasteiger partial charge in [-0.2, -0.15) is 0 Å². The van der Waals surface area contributed by atoms with E-state index in [0.717, 1.165) is 12.8 Å². The predicted molar refractivity (Wildman–Crippen MR) is 80.2 cm³/mol. The van der Waals surface area contributed by atoms with Crippen molar-refractivity contribution in [3.63, 3.8) is 0 Å². The maximum absolute atomic E-state index is 6.44. The summed E-state index contributed by atoms with van der Waals surface area (Å²) in [5.41, 5.74) is 13.5. The van der Waals surface area contributed by atoms with E-state index in [4.69, 9.17) is 5.73 Å². The molecule has 0 saturated heterocycles. The molecule has 0 amide bonds. The standard InChI is InChI=1S/C18H21N/c1-12-6-5-7-13(2)17(12)11-15-10-14-8-3-4-9-16(14)18(15)19/h3-9,15,18H,10-11,19H2,1-2H3. The maximum Gasteiger partial charge on any atom is 0.0332 e. The smallest absolute Gasteiger partial charge is 0.0332 e. The summed E-state index contributed by atoms with van der Waals surface area (Å²) >= 11 is 0. The van der Waals surface area contributed by atoms with Crippen LogP contribution < -0.4 is 5.73 Å². The second kappa shape index (κ2) is 4.82. The molecule has 1 nitrogen and oxygen atoms in total. The molecule has 1 heteroatoms. The van der Waals surface area contributed by atoms with Crippen LogP contribution in [-0.2, 0) is 12.8 Å². The normalized spacial score (nSPS) is 21.4. The van der Waals surface area contributed by atoms with Crippen molar-refractivity contribution in [1.82, 2.24) is 0 Å². The first-order valence-electron chi connectivity index (χ1n) is 7.05. The van der Waals surface area contributed by atoms with Crippen LogP contribution in [0.2, 0.25) is 0 Å². The molecule has 2 unspecified atom stereocenters. The highest BCUT2D eigenvalue weighted by Gasteiger charge is 2.29. The Morgan fingerprint density at radius 1 is 1.00 bits per heavy atom. The summed E-state index contributed by atoms with van der Waals surface area (Å²) in [7, 11) is 0. The zero-order chi connectivity index (χ0) is 13.4. The second-order valence-electron chi connectivity index (χ2n) is 5.76. The lowest BCUT2D eigenvalue weighted by molar-refractivity contribution is 0.463. The largest absolute Gasteiger partial charge is 0.324 e. The van der Waals surface area contributed by atoms with E-state index in [-0.39, 0.29) is 6.04 Å². The number of aryl methyl sites for hydroxylation is 2. The Hall–Kier alpha value is -1.60. The van der Waals surface area contributed by atoms with Gasteiger partial charge >= 0.3 is 0 Å². The average molecular weight is 251 g/mol. The Kier molecular flexibility index (Phi) is 3.16. The zero-order valence-corrected chi connectivity index (χ0v) is 11.7. The fourth-order valence-electron chi connectivity index (χ4n) is 3.34. The molecule has 0 fully saturated rings. The van der Waals surface area contributed by atoms with Gasteiger partial charge in [0.05, 0.1) is 0 Å². The SMILES string of the molecule is Cc1cccc(C)c1CC1Cc2ccccc2C1N. The summed E-state index contributed by atoms with van der Waals surface area (Å²) in [5.74, 6) is 0.539. The number of hydrogen-bond acceptors (Lipinski definition) is 1. The van der Waals surface area contributed by atoms with Crippen LogP contribution in [-0.4, -0.2) is 0 Å². The van der Waals surface area contributed by atoms with Gasteiger partial charge in [-0.1, -0.05) is 42.5 Å². The lowest BCUT2D eigenvalue weighted by atomic mass is 9.89. The Morgan fingerprint density at radius 3 is 2.37 bits per heavy atom. The van der Waals surface area contributed by atoms with Crippen LogP contribution in [0.15, 0.2) is 42.5 Å². The lowest BCUT2D eigenvalue weighted by Gasteiger charge is -2.19. The van der Waals surface area contributed by atoms with Gasteiger partial charge in [-0.15, -0.1) is 0 Å². The van der Waals surface area contributed by atoms with Crippen LogP contribution in [0.5, 0.6) is 0 Å². The highest BCUT2D eigenvalue weighted by atomic mass is 14.7. The Labute approximate surface area is 115 Å². The number of benzene rings is 2. The Balaban J connectivity index is 1.87. The molecule has 3 rings (SSSR count). The number of fused-ring (bicyclic) bond motifs is 1. The van der Waals surface area contributed by atoms with Gasteiger partial charge in [-0.3, -0.25) is 0 Å². The highest BCUT2D eigenvalue weighted by molar-refractivity contribution is 5.39. The van der Waals surface area contributed by atoms with Crippen molar-refractivity contribution < 1.29 is 0 Å². The molecular weight excluding hydrogens is 230 g/mol. The van der Waals surface area contributed by atoms with Crippen LogP contribution in [0.3, 0.4) is 0 Å². The summed E-state index contributed by atoms with van der Waals surface area (Å²) in [6, 6.07) is 15.4. The van der Waals surface area contributed by atoms with E-state index in [0.29, 0.717) is 5.92 Å². The van der Waals surface area contributed by atoms with E-state index < -0.39 is 0 Å². The van der Waals surface area contributed by atoms with Crippen molar-refractivity contribution in [3.8, 4) is 0 Å². The first kappa shape index (κ1) is 12.4. The van der Waals surface area contributed by atoms with Crippen LogP contribution in [0.4, 0.5) is 0 Å². The van der Waals surface area contributed by atoms with E-state index in [2.05, 4.69) is 56.3 Å². The lowest BCUT2D eigenvalue weighted by Crippen LogP contribution is -2.19. The van der Waals surface area contributed by atoms with Crippen LogP contribution >= 0.6 is 0 Å². The predicted octanol–water partition coefficient (Wildman–Crippen LogP) is 3.72. The minimum Gasteiger partial charge on any atom is -0.324 e. The van der Waals surface area contributed by atoms with Gasteiger partial charge in [-0.05, 0) is 60.4 Å².